The standard InChI is InChI=1S/C30H34ClFN2O2S/c1-21-10-8-13-23(16-21)18-34(28(35)20-37-19-24-25(31)14-9-15-26(24)32)27(29(36)33-30(2,3)4)17-22-11-6-5-7-12-22/h5-16,27H,17-20H2,1-4H3,(H,33,36). The summed E-state index contributed by atoms with van der Waals surface area (Å²) >= 11 is 7.46. The van der Waals surface area contributed by atoms with E-state index in [1.807, 2.05) is 82.3 Å². The minimum Gasteiger partial charge on any atom is -0.350 e. The van der Waals surface area contributed by atoms with Crippen LogP contribution < -0.4 is 5.32 Å². The zero-order valence-corrected chi connectivity index (χ0v) is 23.3. The molecule has 0 fully saturated rings. The van der Waals surface area contributed by atoms with Crippen molar-refractivity contribution in [1.29, 1.82) is 0 Å². The summed E-state index contributed by atoms with van der Waals surface area (Å²) in [6.45, 7) is 8.05. The molecule has 0 heterocycles. The van der Waals surface area contributed by atoms with Gasteiger partial charge in [-0.3, -0.25) is 9.59 Å². The first-order chi connectivity index (χ1) is 17.5. The molecule has 0 aromatic heterocycles. The van der Waals surface area contributed by atoms with E-state index in [9.17, 15) is 14.0 Å². The number of amides is 2. The average molecular weight is 541 g/mol. The molecule has 0 aliphatic rings. The highest BCUT2D eigenvalue weighted by molar-refractivity contribution is 7.99. The number of hydrogen-bond acceptors (Lipinski definition) is 3. The van der Waals surface area contributed by atoms with E-state index < -0.39 is 17.4 Å². The van der Waals surface area contributed by atoms with Crippen molar-refractivity contribution in [3.63, 3.8) is 0 Å². The van der Waals surface area contributed by atoms with E-state index in [0.717, 1.165) is 16.7 Å². The van der Waals surface area contributed by atoms with Gasteiger partial charge in [-0.15, -0.1) is 11.8 Å². The maximum Gasteiger partial charge on any atom is 0.243 e. The Balaban J connectivity index is 1.89. The second kappa shape index (κ2) is 13.1. The molecule has 3 aromatic carbocycles. The van der Waals surface area contributed by atoms with E-state index in [2.05, 4.69) is 5.32 Å². The van der Waals surface area contributed by atoms with Crippen molar-refractivity contribution in [2.24, 2.45) is 0 Å². The number of aryl methyl sites for hydroxylation is 1. The third-order valence-electron chi connectivity index (χ3n) is 5.74. The lowest BCUT2D eigenvalue weighted by Crippen LogP contribution is -2.54. The fourth-order valence-electron chi connectivity index (χ4n) is 4.01. The van der Waals surface area contributed by atoms with Gasteiger partial charge in [0.2, 0.25) is 11.8 Å². The minimum absolute atomic E-state index is 0.0879. The lowest BCUT2D eigenvalue weighted by molar-refractivity contribution is -0.140. The van der Waals surface area contributed by atoms with Gasteiger partial charge in [0.1, 0.15) is 11.9 Å². The fourth-order valence-corrected chi connectivity index (χ4v) is 5.26. The lowest BCUT2D eigenvalue weighted by Gasteiger charge is -2.34. The van der Waals surface area contributed by atoms with Gasteiger partial charge in [-0.1, -0.05) is 77.8 Å². The van der Waals surface area contributed by atoms with Crippen LogP contribution in [0, 0.1) is 12.7 Å². The molecule has 0 saturated carbocycles. The molecule has 4 nitrogen and oxygen atoms in total. The Kier molecular flexibility index (Phi) is 10.2. The SMILES string of the molecule is Cc1cccc(CN(C(=O)CSCc2c(F)cccc2Cl)C(Cc2ccccc2)C(=O)NC(C)(C)C)c1. The van der Waals surface area contributed by atoms with Crippen molar-refractivity contribution >= 4 is 35.2 Å². The summed E-state index contributed by atoms with van der Waals surface area (Å²) in [5, 5.41) is 3.40. The summed E-state index contributed by atoms with van der Waals surface area (Å²) in [5.41, 5.74) is 2.90. The van der Waals surface area contributed by atoms with E-state index >= 15 is 0 Å². The molecule has 0 spiro atoms. The Labute approximate surface area is 228 Å². The summed E-state index contributed by atoms with van der Waals surface area (Å²) in [7, 11) is 0. The molecule has 1 unspecified atom stereocenters. The van der Waals surface area contributed by atoms with E-state index in [1.54, 1.807) is 17.0 Å². The number of thioether (sulfide) groups is 1. The zero-order valence-electron chi connectivity index (χ0n) is 21.8. The molecule has 3 aromatic rings. The van der Waals surface area contributed by atoms with Gasteiger partial charge in [0.15, 0.2) is 0 Å². The van der Waals surface area contributed by atoms with Gasteiger partial charge in [0.25, 0.3) is 0 Å². The lowest BCUT2D eigenvalue weighted by atomic mass is 10.0. The zero-order chi connectivity index (χ0) is 27.0. The molecule has 37 heavy (non-hydrogen) atoms. The first kappa shape index (κ1) is 28.7. The normalized spacial score (nSPS) is 12.2. The summed E-state index contributed by atoms with van der Waals surface area (Å²) in [4.78, 5) is 28.9. The molecule has 0 saturated heterocycles. The third kappa shape index (κ3) is 8.90. The number of hydrogen-bond donors (Lipinski definition) is 1. The largest absolute Gasteiger partial charge is 0.350 e. The number of rotatable bonds is 10. The molecule has 7 heteroatoms. The number of benzene rings is 3. The molecule has 1 atom stereocenters. The summed E-state index contributed by atoms with van der Waals surface area (Å²) in [5.74, 6) is -0.448. The molecular formula is C30H34ClFN2O2S. The van der Waals surface area contributed by atoms with Crippen molar-refractivity contribution in [2.45, 2.75) is 58.0 Å². The Bertz CT molecular complexity index is 1190. The maximum absolute atomic E-state index is 14.2. The van der Waals surface area contributed by atoms with E-state index in [0.29, 0.717) is 17.0 Å². The van der Waals surface area contributed by atoms with Gasteiger partial charge in [0, 0.05) is 34.8 Å². The monoisotopic (exact) mass is 540 g/mol. The Morgan fingerprint density at radius 3 is 2.32 bits per heavy atom. The van der Waals surface area contributed by atoms with Crippen LogP contribution in [-0.2, 0) is 28.3 Å². The molecule has 3 rings (SSSR count). The summed E-state index contributed by atoms with van der Waals surface area (Å²) in [6.07, 6.45) is 0.379. The quantitative estimate of drug-likeness (QED) is 0.316. The van der Waals surface area contributed by atoms with Crippen LogP contribution in [0.25, 0.3) is 0 Å². The summed E-state index contributed by atoms with van der Waals surface area (Å²) in [6, 6.07) is 21.5. The molecule has 0 aliphatic heterocycles. The first-order valence-electron chi connectivity index (χ1n) is 12.2. The van der Waals surface area contributed by atoms with Crippen LogP contribution in [0.4, 0.5) is 4.39 Å². The van der Waals surface area contributed by atoms with Gasteiger partial charge >= 0.3 is 0 Å². The molecule has 2 amide bonds. The fraction of sp³-hybridized carbons (Fsp3) is 0.333. The van der Waals surface area contributed by atoms with Crippen molar-refractivity contribution in [2.75, 3.05) is 5.75 Å². The predicted octanol–water partition coefficient (Wildman–Crippen LogP) is 6.58. The van der Waals surface area contributed by atoms with Crippen LogP contribution in [0.15, 0.2) is 72.8 Å². The van der Waals surface area contributed by atoms with Gasteiger partial charge in [0.05, 0.1) is 5.75 Å². The minimum atomic E-state index is -0.715. The summed E-state index contributed by atoms with van der Waals surface area (Å²) < 4.78 is 14.2. The molecular weight excluding hydrogens is 507 g/mol. The van der Waals surface area contributed by atoms with Gasteiger partial charge < -0.3 is 10.2 Å². The molecule has 196 valence electrons. The van der Waals surface area contributed by atoms with E-state index in [-0.39, 0.29) is 29.9 Å². The van der Waals surface area contributed by atoms with Gasteiger partial charge in [-0.05, 0) is 51.0 Å². The number of nitrogens with zero attached hydrogens (tertiary/aromatic N) is 1. The third-order valence-corrected chi connectivity index (χ3v) is 7.04. The second-order valence-corrected chi connectivity index (χ2v) is 11.5. The maximum atomic E-state index is 14.2. The van der Waals surface area contributed by atoms with Crippen LogP contribution >= 0.6 is 23.4 Å². The van der Waals surface area contributed by atoms with Gasteiger partial charge in [-0.2, -0.15) is 0 Å². The molecule has 0 radical (unpaired) electrons. The highest BCUT2D eigenvalue weighted by atomic mass is 35.5. The van der Waals surface area contributed by atoms with Crippen LogP contribution in [-0.4, -0.2) is 34.0 Å². The molecule has 1 N–H and O–H groups in total. The number of halogens is 2. The van der Waals surface area contributed by atoms with Crippen molar-refractivity contribution in [1.82, 2.24) is 10.2 Å². The Hall–Kier alpha value is -2.83. The Morgan fingerprint density at radius 1 is 1.00 bits per heavy atom. The second-order valence-electron chi connectivity index (χ2n) is 10.1. The predicted molar refractivity (Wildman–Crippen MR) is 151 cm³/mol. The van der Waals surface area contributed by atoms with Crippen LogP contribution in [0.5, 0.6) is 0 Å². The number of nitrogens with one attached hydrogen (secondary N) is 1. The average Bonchev–Trinajstić information content (AvgIpc) is 2.82. The molecule has 0 bridgehead atoms. The topological polar surface area (TPSA) is 49.4 Å². The first-order valence-corrected chi connectivity index (χ1v) is 13.8. The number of carbonyl (C=O) groups excluding carboxylic acids is 2. The van der Waals surface area contributed by atoms with Crippen LogP contribution in [0.2, 0.25) is 5.02 Å². The highest BCUT2D eigenvalue weighted by Gasteiger charge is 2.32. The highest BCUT2D eigenvalue weighted by Crippen LogP contribution is 2.25. The molecule has 0 aliphatic carbocycles. The van der Waals surface area contributed by atoms with E-state index in [4.69, 9.17) is 11.6 Å². The van der Waals surface area contributed by atoms with Gasteiger partial charge in [-0.25, -0.2) is 4.39 Å². The Morgan fingerprint density at radius 2 is 1.68 bits per heavy atom. The van der Waals surface area contributed by atoms with Crippen molar-refractivity contribution in [3.05, 3.63) is 106 Å². The van der Waals surface area contributed by atoms with Crippen molar-refractivity contribution in [3.8, 4) is 0 Å². The van der Waals surface area contributed by atoms with Crippen LogP contribution in [0.1, 0.15) is 43.0 Å². The van der Waals surface area contributed by atoms with Crippen molar-refractivity contribution < 1.29 is 14.0 Å². The van der Waals surface area contributed by atoms with E-state index in [1.165, 1.54) is 17.8 Å². The van der Waals surface area contributed by atoms with Crippen LogP contribution in [0.3, 0.4) is 0 Å². The smallest absolute Gasteiger partial charge is 0.243 e. The number of carbonyl (C=O) groups is 2.